The SMILES string of the molecule is O=c1c2ccccc2nc(C(O)Cc2ccccc2)n1N=Cc1ccccc1P(c1ccccc1)c1ccccc1. The molecule has 0 bridgehead atoms. The lowest BCUT2D eigenvalue weighted by atomic mass is 10.1. The van der Waals surface area contributed by atoms with Crippen molar-refractivity contribution >= 4 is 41.0 Å². The van der Waals surface area contributed by atoms with Gasteiger partial charge >= 0.3 is 0 Å². The van der Waals surface area contributed by atoms with Crippen LogP contribution >= 0.6 is 7.92 Å². The molecule has 200 valence electrons. The third-order valence-corrected chi connectivity index (χ3v) is 9.39. The number of fused-ring (bicyclic) bond motifs is 1. The summed E-state index contributed by atoms with van der Waals surface area (Å²) >= 11 is 0. The topological polar surface area (TPSA) is 67.5 Å². The van der Waals surface area contributed by atoms with Crippen molar-refractivity contribution in [2.45, 2.75) is 12.5 Å². The molecule has 0 fully saturated rings. The van der Waals surface area contributed by atoms with E-state index in [1.165, 1.54) is 15.3 Å². The van der Waals surface area contributed by atoms with Gasteiger partial charge in [-0.15, -0.1) is 0 Å². The summed E-state index contributed by atoms with van der Waals surface area (Å²) in [6.07, 6.45) is 1.01. The van der Waals surface area contributed by atoms with Crippen LogP contribution in [0.5, 0.6) is 0 Å². The summed E-state index contributed by atoms with van der Waals surface area (Å²) in [4.78, 5) is 18.4. The summed E-state index contributed by atoms with van der Waals surface area (Å²) in [5.41, 5.74) is 2.05. The average Bonchev–Trinajstić information content (AvgIpc) is 3.03. The van der Waals surface area contributed by atoms with Gasteiger partial charge in [-0.25, -0.2) is 4.98 Å². The van der Waals surface area contributed by atoms with Crippen molar-refractivity contribution < 1.29 is 5.11 Å². The molecule has 41 heavy (non-hydrogen) atoms. The largest absolute Gasteiger partial charge is 0.385 e. The number of aliphatic hydroxyl groups excluding tert-OH is 1. The smallest absolute Gasteiger partial charge is 0.282 e. The van der Waals surface area contributed by atoms with Gasteiger partial charge in [-0.3, -0.25) is 4.79 Å². The fourth-order valence-electron chi connectivity index (χ4n) is 4.90. The van der Waals surface area contributed by atoms with Crippen molar-refractivity contribution in [3.63, 3.8) is 0 Å². The summed E-state index contributed by atoms with van der Waals surface area (Å²) < 4.78 is 1.25. The Morgan fingerprint density at radius 1 is 0.732 bits per heavy atom. The summed E-state index contributed by atoms with van der Waals surface area (Å²) in [7, 11) is -0.880. The molecule has 1 N–H and O–H groups in total. The molecule has 6 aromatic rings. The van der Waals surface area contributed by atoms with E-state index in [0.717, 1.165) is 16.4 Å². The second-order valence-corrected chi connectivity index (χ2v) is 11.8. The van der Waals surface area contributed by atoms with E-state index in [9.17, 15) is 9.90 Å². The fourth-order valence-corrected chi connectivity index (χ4v) is 7.32. The average molecular weight is 554 g/mol. The molecule has 1 unspecified atom stereocenters. The van der Waals surface area contributed by atoms with Gasteiger partial charge in [-0.1, -0.05) is 127 Å². The molecule has 1 aromatic heterocycles. The van der Waals surface area contributed by atoms with Crippen LogP contribution in [-0.4, -0.2) is 21.0 Å². The lowest BCUT2D eigenvalue weighted by molar-refractivity contribution is 0.163. The highest BCUT2D eigenvalue weighted by molar-refractivity contribution is 7.80. The van der Waals surface area contributed by atoms with Crippen molar-refractivity contribution in [3.8, 4) is 0 Å². The van der Waals surface area contributed by atoms with Gasteiger partial charge in [0.05, 0.1) is 17.1 Å². The predicted octanol–water partition coefficient (Wildman–Crippen LogP) is 5.31. The molecule has 6 heteroatoms. The van der Waals surface area contributed by atoms with Gasteiger partial charge in [0.2, 0.25) is 0 Å². The Labute approximate surface area is 239 Å². The van der Waals surface area contributed by atoms with Gasteiger partial charge in [0.15, 0.2) is 5.82 Å². The first-order valence-corrected chi connectivity index (χ1v) is 14.8. The number of para-hydroxylation sites is 1. The zero-order valence-electron chi connectivity index (χ0n) is 22.3. The van der Waals surface area contributed by atoms with Gasteiger partial charge in [0.25, 0.3) is 5.56 Å². The highest BCUT2D eigenvalue weighted by Crippen LogP contribution is 2.33. The van der Waals surface area contributed by atoms with E-state index in [-0.39, 0.29) is 11.4 Å². The molecule has 1 atom stereocenters. The molecule has 0 aliphatic heterocycles. The van der Waals surface area contributed by atoms with E-state index in [0.29, 0.717) is 17.3 Å². The van der Waals surface area contributed by atoms with Crippen LogP contribution in [0.2, 0.25) is 0 Å². The monoisotopic (exact) mass is 553 g/mol. The number of aliphatic hydroxyl groups is 1. The Balaban J connectivity index is 1.47. The number of benzene rings is 5. The predicted molar refractivity (Wildman–Crippen MR) is 169 cm³/mol. The second-order valence-electron chi connectivity index (χ2n) is 9.62. The Kier molecular flexibility index (Phi) is 7.90. The molecule has 6 rings (SSSR count). The van der Waals surface area contributed by atoms with Crippen molar-refractivity contribution in [3.05, 3.63) is 167 Å². The van der Waals surface area contributed by atoms with Crippen molar-refractivity contribution in [2.75, 3.05) is 0 Å². The van der Waals surface area contributed by atoms with Crippen molar-refractivity contribution in [1.29, 1.82) is 0 Å². The minimum absolute atomic E-state index is 0.208. The first-order valence-electron chi connectivity index (χ1n) is 13.5. The van der Waals surface area contributed by atoms with Crippen LogP contribution in [-0.2, 0) is 6.42 Å². The van der Waals surface area contributed by atoms with Gasteiger partial charge in [0, 0.05) is 12.0 Å². The molecule has 0 aliphatic rings. The van der Waals surface area contributed by atoms with E-state index in [4.69, 9.17) is 4.98 Å². The first-order chi connectivity index (χ1) is 20.2. The van der Waals surface area contributed by atoms with Crippen LogP contribution in [0.4, 0.5) is 0 Å². The first kappa shape index (κ1) is 26.5. The molecule has 1 heterocycles. The molecular weight excluding hydrogens is 525 g/mol. The Hall–Kier alpha value is -4.70. The van der Waals surface area contributed by atoms with E-state index in [1.54, 1.807) is 18.3 Å². The minimum Gasteiger partial charge on any atom is -0.385 e. The Morgan fingerprint density at radius 2 is 1.29 bits per heavy atom. The molecule has 0 amide bonds. The number of hydrogen-bond donors (Lipinski definition) is 1. The Morgan fingerprint density at radius 3 is 1.98 bits per heavy atom. The van der Waals surface area contributed by atoms with Crippen LogP contribution in [0, 0.1) is 0 Å². The molecule has 5 nitrogen and oxygen atoms in total. The summed E-state index contributed by atoms with van der Waals surface area (Å²) in [6.45, 7) is 0. The third kappa shape index (κ3) is 5.78. The number of rotatable bonds is 8. The molecule has 0 saturated carbocycles. The quantitative estimate of drug-likeness (QED) is 0.205. The van der Waals surface area contributed by atoms with E-state index >= 15 is 0 Å². The van der Waals surface area contributed by atoms with Crippen LogP contribution in [0.15, 0.2) is 149 Å². The molecule has 0 spiro atoms. The van der Waals surface area contributed by atoms with Crippen LogP contribution in [0.1, 0.15) is 23.1 Å². The zero-order chi connectivity index (χ0) is 28.0. The maximum absolute atomic E-state index is 13.7. The van der Waals surface area contributed by atoms with Crippen molar-refractivity contribution in [1.82, 2.24) is 9.66 Å². The van der Waals surface area contributed by atoms with Gasteiger partial charge < -0.3 is 5.11 Å². The van der Waals surface area contributed by atoms with Gasteiger partial charge in [-0.05, 0) is 41.5 Å². The van der Waals surface area contributed by atoms with Crippen LogP contribution < -0.4 is 21.5 Å². The van der Waals surface area contributed by atoms with Gasteiger partial charge in [0.1, 0.15) is 6.10 Å². The summed E-state index contributed by atoms with van der Waals surface area (Å²) in [5.74, 6) is 0.208. The zero-order valence-corrected chi connectivity index (χ0v) is 23.2. The number of hydrogen-bond acceptors (Lipinski definition) is 4. The Bertz CT molecular complexity index is 1820. The third-order valence-electron chi connectivity index (χ3n) is 6.87. The molecule has 0 radical (unpaired) electrons. The molecule has 0 aliphatic carbocycles. The standard InChI is InChI=1S/C35H28N3O2P/c39-32(24-26-14-4-1-5-15-26)34-37-31-22-12-11-21-30(31)35(40)38(34)36-25-27-16-10-13-23-33(27)41(28-17-6-2-7-18-28)29-19-8-3-9-20-29/h1-23,25,32,39H,24H2. The maximum Gasteiger partial charge on any atom is 0.282 e. The normalized spacial score (nSPS) is 12.2. The van der Waals surface area contributed by atoms with Gasteiger partial charge in [-0.2, -0.15) is 9.78 Å². The molecular formula is C35H28N3O2P. The maximum atomic E-state index is 13.7. The number of nitrogens with zero attached hydrogens (tertiary/aromatic N) is 3. The summed E-state index contributed by atoms with van der Waals surface area (Å²) in [5, 5.41) is 20.0. The number of aromatic nitrogens is 2. The van der Waals surface area contributed by atoms with Crippen LogP contribution in [0.25, 0.3) is 10.9 Å². The highest BCUT2D eigenvalue weighted by Gasteiger charge is 2.21. The molecule has 0 saturated heterocycles. The lowest BCUT2D eigenvalue weighted by Crippen LogP contribution is -2.26. The lowest BCUT2D eigenvalue weighted by Gasteiger charge is -2.21. The highest BCUT2D eigenvalue weighted by atomic mass is 31.1. The van der Waals surface area contributed by atoms with Crippen LogP contribution in [0.3, 0.4) is 0 Å². The minimum atomic E-state index is -1.02. The molecule has 5 aromatic carbocycles. The fraction of sp³-hybridized carbons (Fsp3) is 0.0571. The summed E-state index contributed by atoms with van der Waals surface area (Å²) in [6, 6.07) is 45.9. The van der Waals surface area contributed by atoms with Crippen molar-refractivity contribution in [2.24, 2.45) is 5.10 Å². The van der Waals surface area contributed by atoms with E-state index in [1.807, 2.05) is 72.8 Å². The second kappa shape index (κ2) is 12.2. The van der Waals surface area contributed by atoms with E-state index in [2.05, 4.69) is 59.7 Å². The van der Waals surface area contributed by atoms with E-state index < -0.39 is 14.0 Å².